The van der Waals surface area contributed by atoms with Crippen LogP contribution in [0.2, 0.25) is 5.02 Å². The van der Waals surface area contributed by atoms with Crippen molar-refractivity contribution in [1.82, 2.24) is 15.2 Å². The molecule has 0 amide bonds. The summed E-state index contributed by atoms with van der Waals surface area (Å²) >= 11 is 5.81. The number of H-pyrrole nitrogens is 1. The minimum absolute atomic E-state index is 0.360. The zero-order chi connectivity index (χ0) is 22.4. The third-order valence-corrected chi connectivity index (χ3v) is 2.75. The summed E-state index contributed by atoms with van der Waals surface area (Å²) in [7, 11) is 0. The molecule has 0 unspecified atom stereocenters. The van der Waals surface area contributed by atoms with Gasteiger partial charge in [-0.15, -0.1) is 6.58 Å². The molecule has 0 aliphatic carbocycles. The Bertz CT molecular complexity index is 616. The van der Waals surface area contributed by atoms with Gasteiger partial charge >= 0.3 is 0 Å². The molecule has 1 N–H and O–H groups in total. The minimum Gasteiger partial charge on any atom is -0.262 e. The van der Waals surface area contributed by atoms with Crippen LogP contribution in [0.25, 0.3) is 11.4 Å². The average molecular weight is 408 g/mol. The van der Waals surface area contributed by atoms with Crippen LogP contribution >= 0.6 is 11.6 Å². The fourth-order valence-electron chi connectivity index (χ4n) is 1.40. The molecule has 0 bridgehead atoms. The normalized spacial score (nSPS) is 8.79. The first-order valence-electron chi connectivity index (χ1n) is 9.72. The predicted molar refractivity (Wildman–Crippen MR) is 128 cm³/mol. The molecule has 158 valence electrons. The maximum atomic E-state index is 5.81. The van der Waals surface area contributed by atoms with E-state index < -0.39 is 0 Å². The lowest BCUT2D eigenvalue weighted by molar-refractivity contribution is 0.781. The highest BCUT2D eigenvalue weighted by Gasteiger charge is 2.07. The Kier molecular flexibility index (Phi) is 24.8. The van der Waals surface area contributed by atoms with Crippen LogP contribution in [0.5, 0.6) is 0 Å². The van der Waals surface area contributed by atoms with Crippen molar-refractivity contribution in [3.05, 3.63) is 47.8 Å². The van der Waals surface area contributed by atoms with Gasteiger partial charge in [0, 0.05) is 29.4 Å². The number of hydrogen-bond donors (Lipinski definition) is 1. The van der Waals surface area contributed by atoms with Crippen molar-refractivity contribution in [1.29, 1.82) is 0 Å². The lowest BCUT2D eigenvalue weighted by atomic mass is 10.2. The second-order valence-electron chi connectivity index (χ2n) is 4.96. The van der Waals surface area contributed by atoms with Gasteiger partial charge in [-0.1, -0.05) is 66.1 Å². The lowest BCUT2D eigenvalue weighted by Gasteiger charge is -1.96. The quantitative estimate of drug-likeness (QED) is 0.322. The fourth-order valence-corrected chi connectivity index (χ4v) is 1.53. The summed E-state index contributed by atoms with van der Waals surface area (Å²) in [6, 6.07) is 7.50. The molecule has 0 aliphatic rings. The van der Waals surface area contributed by atoms with E-state index in [4.69, 9.17) is 11.6 Å². The van der Waals surface area contributed by atoms with Crippen LogP contribution in [0.15, 0.2) is 47.1 Å². The molecule has 0 aliphatic heterocycles. The topological polar surface area (TPSA) is 66.3 Å². The third kappa shape index (κ3) is 15.9. The minimum atomic E-state index is 0.360. The van der Waals surface area contributed by atoms with Gasteiger partial charge in [-0.2, -0.15) is 15.3 Å². The van der Waals surface area contributed by atoms with Crippen LogP contribution < -0.4 is 0 Å². The second kappa shape index (κ2) is 22.8. The average Bonchev–Trinajstić information content (AvgIpc) is 3.22. The zero-order valence-electron chi connectivity index (χ0n) is 18.8. The van der Waals surface area contributed by atoms with E-state index in [9.17, 15) is 0 Å². The summed E-state index contributed by atoms with van der Waals surface area (Å²) in [4.78, 5) is 4.40. The highest BCUT2D eigenvalue weighted by atomic mass is 35.5. The molecule has 1 aromatic carbocycles. The molecular formula is C22H38ClN5. The molecule has 2 rings (SSSR count). The largest absolute Gasteiger partial charge is 0.262 e. The molecule has 1 aromatic heterocycles. The Hall–Kier alpha value is -2.27. The van der Waals surface area contributed by atoms with Crippen LogP contribution in [0.3, 0.4) is 0 Å². The summed E-state index contributed by atoms with van der Waals surface area (Å²) in [5.74, 6) is 1.98. The van der Waals surface area contributed by atoms with Crippen LogP contribution in [0.4, 0.5) is 0 Å². The van der Waals surface area contributed by atoms with E-state index in [-0.39, 0.29) is 0 Å². The number of hydrogen-bond acceptors (Lipinski definition) is 4. The van der Waals surface area contributed by atoms with Crippen molar-refractivity contribution < 1.29 is 0 Å². The van der Waals surface area contributed by atoms with Gasteiger partial charge in [-0.3, -0.25) is 5.10 Å². The molecule has 0 spiro atoms. The molecule has 0 radical (unpaired) electrons. The van der Waals surface area contributed by atoms with Gasteiger partial charge in [0.25, 0.3) is 0 Å². The summed E-state index contributed by atoms with van der Waals surface area (Å²) < 4.78 is 0. The third-order valence-electron chi connectivity index (χ3n) is 2.50. The predicted octanol–water partition coefficient (Wildman–Crippen LogP) is 7.58. The van der Waals surface area contributed by atoms with Crippen molar-refractivity contribution in [2.75, 3.05) is 0 Å². The number of benzene rings is 1. The molecule has 0 saturated heterocycles. The first-order valence-corrected chi connectivity index (χ1v) is 10.1. The van der Waals surface area contributed by atoms with Crippen LogP contribution in [-0.4, -0.2) is 28.1 Å². The van der Waals surface area contributed by atoms with Gasteiger partial charge in [-0.05, 0) is 37.6 Å². The Labute approximate surface area is 177 Å². The van der Waals surface area contributed by atoms with E-state index >= 15 is 0 Å². The molecule has 6 heteroatoms. The number of nitrogens with zero attached hydrogens (tertiary/aromatic N) is 4. The maximum absolute atomic E-state index is 5.81. The zero-order valence-corrected chi connectivity index (χ0v) is 19.6. The van der Waals surface area contributed by atoms with Gasteiger partial charge in [0.1, 0.15) is 5.82 Å². The number of allylic oxidation sites excluding steroid dienone is 1. The lowest BCUT2D eigenvalue weighted by Crippen LogP contribution is -1.89. The molecule has 1 heterocycles. The number of aromatic nitrogens is 3. The van der Waals surface area contributed by atoms with Gasteiger partial charge in [0.05, 0.1) is 0 Å². The van der Waals surface area contributed by atoms with Crippen molar-refractivity contribution in [2.24, 2.45) is 10.2 Å². The van der Waals surface area contributed by atoms with E-state index in [2.05, 4.69) is 52.5 Å². The van der Waals surface area contributed by atoms with Crippen molar-refractivity contribution in [3.8, 4) is 11.4 Å². The molecule has 0 saturated carbocycles. The smallest absolute Gasteiger partial charge is 0.181 e. The highest BCUT2D eigenvalue weighted by Crippen LogP contribution is 2.19. The first kappa shape index (κ1) is 30.5. The van der Waals surface area contributed by atoms with Gasteiger partial charge in [0.15, 0.2) is 5.82 Å². The van der Waals surface area contributed by atoms with E-state index in [0.29, 0.717) is 5.92 Å². The highest BCUT2D eigenvalue weighted by molar-refractivity contribution is 6.30. The van der Waals surface area contributed by atoms with Crippen molar-refractivity contribution in [2.45, 2.75) is 67.7 Å². The summed E-state index contributed by atoms with van der Waals surface area (Å²) in [5, 5.41) is 14.5. The molecule has 0 fully saturated rings. The fraction of sp³-hybridized carbons (Fsp3) is 0.455. The maximum Gasteiger partial charge on any atom is 0.181 e. The Morgan fingerprint density at radius 1 is 1.14 bits per heavy atom. The standard InChI is InChI=1S/C11H12ClN3.C4H8N2.C3H6.2C2H6/c1-7(2)10-13-11(15-14-10)8-3-5-9(12)6-4-8;1-3-4-6-5-2;1-3-2;2*1-2/h3-7H,1-2H3,(H,13,14,15);4H,2-3H2,1H3;3H,1H2,2H3;2*1-2H3/b;6-4+;;;. The monoisotopic (exact) mass is 407 g/mol. The Morgan fingerprint density at radius 3 is 1.96 bits per heavy atom. The van der Waals surface area contributed by atoms with Crippen molar-refractivity contribution >= 4 is 24.5 Å². The van der Waals surface area contributed by atoms with E-state index in [1.807, 2.05) is 65.8 Å². The molecule has 2 aromatic rings. The molecule has 5 nitrogen and oxygen atoms in total. The second-order valence-corrected chi connectivity index (χ2v) is 5.40. The number of halogens is 1. The Balaban J connectivity index is -0.000000404. The van der Waals surface area contributed by atoms with Crippen LogP contribution in [-0.2, 0) is 0 Å². The number of aromatic amines is 1. The van der Waals surface area contributed by atoms with Gasteiger partial charge < -0.3 is 0 Å². The molecule has 0 atom stereocenters. The van der Waals surface area contributed by atoms with E-state index in [1.54, 1.807) is 12.3 Å². The van der Waals surface area contributed by atoms with Gasteiger partial charge in [-0.25, -0.2) is 4.98 Å². The first-order chi connectivity index (χ1) is 13.5. The van der Waals surface area contributed by atoms with E-state index in [1.165, 1.54) is 0 Å². The van der Waals surface area contributed by atoms with Crippen LogP contribution in [0.1, 0.15) is 73.6 Å². The Morgan fingerprint density at radius 2 is 1.64 bits per heavy atom. The summed E-state index contributed by atoms with van der Waals surface area (Å²) in [6.45, 7) is 22.5. The van der Waals surface area contributed by atoms with Gasteiger partial charge in [0.2, 0.25) is 0 Å². The molecular weight excluding hydrogens is 370 g/mol. The number of nitrogens with one attached hydrogen (secondary N) is 1. The summed E-state index contributed by atoms with van der Waals surface area (Å²) in [5.41, 5.74) is 0.975. The van der Waals surface area contributed by atoms with Crippen molar-refractivity contribution in [3.63, 3.8) is 0 Å². The summed E-state index contributed by atoms with van der Waals surface area (Å²) in [6.07, 6.45) is 4.38. The SMILES string of the molecule is C=CC.C=N/N=C/CC.CC.CC.CC(C)c1nc(-c2ccc(Cl)cc2)n[nH]1. The van der Waals surface area contributed by atoms with Crippen LogP contribution in [0, 0.1) is 0 Å². The number of rotatable bonds is 4. The van der Waals surface area contributed by atoms with E-state index in [0.717, 1.165) is 28.7 Å². The molecule has 28 heavy (non-hydrogen) atoms.